The van der Waals surface area contributed by atoms with Crippen LogP contribution in [0.25, 0.3) is 0 Å². The van der Waals surface area contributed by atoms with Crippen LogP contribution in [-0.4, -0.2) is 45.7 Å². The second kappa shape index (κ2) is 8.41. The van der Waals surface area contributed by atoms with Crippen LogP contribution in [-0.2, 0) is 14.8 Å². The molecule has 0 aliphatic carbocycles. The third kappa shape index (κ3) is 4.78. The van der Waals surface area contributed by atoms with E-state index in [9.17, 15) is 18.5 Å². The zero-order valence-corrected chi connectivity index (χ0v) is 15.3. The van der Waals surface area contributed by atoms with E-state index in [-0.39, 0.29) is 34.6 Å². The topological polar surface area (TPSA) is 111 Å². The van der Waals surface area contributed by atoms with E-state index in [0.717, 1.165) is 37.6 Å². The van der Waals surface area contributed by atoms with Crippen molar-refractivity contribution in [2.75, 3.05) is 26.8 Å². The number of ether oxygens (including phenoxy) is 1. The van der Waals surface area contributed by atoms with Gasteiger partial charge in [-0.1, -0.05) is 11.6 Å². The van der Waals surface area contributed by atoms with E-state index in [1.54, 1.807) is 7.11 Å². The summed E-state index contributed by atoms with van der Waals surface area (Å²) in [4.78, 5) is 9.87. The Morgan fingerprint density at radius 2 is 2.21 bits per heavy atom. The number of nitrogens with zero attached hydrogens (tertiary/aromatic N) is 1. The van der Waals surface area contributed by atoms with E-state index in [4.69, 9.17) is 16.3 Å². The van der Waals surface area contributed by atoms with Crippen molar-refractivity contribution in [1.29, 1.82) is 0 Å². The summed E-state index contributed by atoms with van der Waals surface area (Å²) in [5.41, 5.74) is -0.711. The quantitative estimate of drug-likeness (QED) is 0.533. The van der Waals surface area contributed by atoms with Crippen LogP contribution in [0, 0.1) is 10.1 Å². The van der Waals surface area contributed by atoms with Crippen LogP contribution in [0.4, 0.5) is 5.69 Å². The highest BCUT2D eigenvalue weighted by atomic mass is 35.5. The molecule has 0 bridgehead atoms. The Balaban J connectivity index is 0.00000288. The van der Waals surface area contributed by atoms with E-state index in [1.807, 2.05) is 0 Å². The SMILES string of the molecule is COCC1(CNS(=O)(=O)c2ccc([N+](=O)[O-])cc2Cl)CCCN1.Cl. The Labute approximate surface area is 151 Å². The molecule has 1 aliphatic heterocycles. The third-order valence-corrected chi connectivity index (χ3v) is 5.65. The number of non-ortho nitro benzene ring substituents is 1. The Morgan fingerprint density at radius 3 is 2.71 bits per heavy atom. The fourth-order valence-electron chi connectivity index (χ4n) is 2.60. The lowest BCUT2D eigenvalue weighted by Gasteiger charge is -2.28. The predicted molar refractivity (Wildman–Crippen MR) is 92.4 cm³/mol. The zero-order valence-electron chi connectivity index (χ0n) is 13.0. The van der Waals surface area contributed by atoms with Crippen LogP contribution in [0.1, 0.15) is 12.8 Å². The number of nitro benzene ring substituents is 1. The maximum atomic E-state index is 12.4. The van der Waals surface area contributed by atoms with Gasteiger partial charge >= 0.3 is 0 Å². The molecule has 1 aromatic carbocycles. The molecule has 1 heterocycles. The van der Waals surface area contributed by atoms with Crippen molar-refractivity contribution in [3.05, 3.63) is 33.3 Å². The number of nitrogens with one attached hydrogen (secondary N) is 2. The van der Waals surface area contributed by atoms with Gasteiger partial charge in [0.05, 0.1) is 22.1 Å². The van der Waals surface area contributed by atoms with Gasteiger partial charge in [-0.15, -0.1) is 12.4 Å². The highest BCUT2D eigenvalue weighted by Gasteiger charge is 2.35. The molecule has 136 valence electrons. The van der Waals surface area contributed by atoms with Crippen molar-refractivity contribution in [2.45, 2.75) is 23.3 Å². The molecule has 2 N–H and O–H groups in total. The number of sulfonamides is 1. The molecule has 0 radical (unpaired) electrons. The zero-order chi connectivity index (χ0) is 17.1. The number of hydrogen-bond acceptors (Lipinski definition) is 6. The van der Waals surface area contributed by atoms with Crippen molar-refractivity contribution in [1.82, 2.24) is 10.0 Å². The van der Waals surface area contributed by atoms with Gasteiger partial charge < -0.3 is 10.1 Å². The van der Waals surface area contributed by atoms with Crippen molar-refractivity contribution < 1.29 is 18.1 Å². The predicted octanol–water partition coefficient (Wildman–Crippen LogP) is 1.72. The fraction of sp³-hybridized carbons (Fsp3) is 0.538. The van der Waals surface area contributed by atoms with Gasteiger partial charge in [0.25, 0.3) is 5.69 Å². The number of hydrogen-bond donors (Lipinski definition) is 2. The summed E-state index contributed by atoms with van der Waals surface area (Å²) < 4.78 is 32.5. The molecular formula is C13H19Cl2N3O5S. The Bertz CT molecular complexity index is 693. The lowest BCUT2D eigenvalue weighted by molar-refractivity contribution is -0.384. The number of halogens is 2. The molecule has 0 aromatic heterocycles. The van der Waals surface area contributed by atoms with Crippen molar-refractivity contribution in [2.24, 2.45) is 0 Å². The van der Waals surface area contributed by atoms with Gasteiger partial charge in [0.15, 0.2) is 0 Å². The summed E-state index contributed by atoms with van der Waals surface area (Å²) in [6, 6.07) is 3.27. The molecule has 1 atom stereocenters. The molecule has 0 spiro atoms. The minimum atomic E-state index is -3.88. The van der Waals surface area contributed by atoms with Crippen molar-refractivity contribution in [3.8, 4) is 0 Å². The first kappa shape index (κ1) is 21.1. The lowest BCUT2D eigenvalue weighted by Crippen LogP contribution is -2.52. The van der Waals surface area contributed by atoms with Gasteiger partial charge in [0.1, 0.15) is 4.90 Å². The molecule has 0 amide bonds. The largest absolute Gasteiger partial charge is 0.383 e. The second-order valence-corrected chi connectivity index (χ2v) is 7.58. The molecule has 1 fully saturated rings. The lowest BCUT2D eigenvalue weighted by atomic mass is 9.99. The van der Waals surface area contributed by atoms with Crippen LogP contribution < -0.4 is 10.0 Å². The first-order valence-electron chi connectivity index (χ1n) is 6.97. The Kier molecular flexibility index (Phi) is 7.39. The summed E-state index contributed by atoms with van der Waals surface area (Å²) in [7, 11) is -2.32. The molecule has 24 heavy (non-hydrogen) atoms. The number of rotatable bonds is 7. The van der Waals surface area contributed by atoms with Gasteiger partial charge in [0, 0.05) is 25.8 Å². The smallest absolute Gasteiger partial charge is 0.271 e. The highest BCUT2D eigenvalue weighted by molar-refractivity contribution is 7.89. The van der Waals surface area contributed by atoms with Crippen molar-refractivity contribution in [3.63, 3.8) is 0 Å². The number of nitro groups is 1. The molecule has 1 aromatic rings. The summed E-state index contributed by atoms with van der Waals surface area (Å²) in [6.07, 6.45) is 1.72. The van der Waals surface area contributed by atoms with Gasteiger partial charge in [-0.2, -0.15) is 0 Å². The average Bonchev–Trinajstić information content (AvgIpc) is 2.94. The summed E-state index contributed by atoms with van der Waals surface area (Å²) in [5.74, 6) is 0. The first-order valence-corrected chi connectivity index (χ1v) is 8.83. The van der Waals surface area contributed by atoms with Crippen LogP contribution in [0.15, 0.2) is 23.1 Å². The Hall–Kier alpha value is -0.970. The maximum Gasteiger partial charge on any atom is 0.271 e. The van der Waals surface area contributed by atoms with E-state index >= 15 is 0 Å². The maximum absolute atomic E-state index is 12.4. The van der Waals surface area contributed by atoms with Crippen LogP contribution in [0.2, 0.25) is 5.02 Å². The Morgan fingerprint density at radius 1 is 1.50 bits per heavy atom. The monoisotopic (exact) mass is 399 g/mol. The van der Waals surface area contributed by atoms with Crippen LogP contribution >= 0.6 is 24.0 Å². The summed E-state index contributed by atoms with van der Waals surface area (Å²) >= 11 is 5.89. The second-order valence-electron chi connectivity index (χ2n) is 5.44. The summed E-state index contributed by atoms with van der Waals surface area (Å²) in [6.45, 7) is 1.32. The molecule has 1 unspecified atom stereocenters. The standard InChI is InChI=1S/C13H18ClN3O5S.ClH/c1-22-9-13(5-2-6-15-13)8-16-23(20,21)12-4-3-10(17(18)19)7-11(12)14;/h3-4,7,15-16H,2,5-6,8-9H2,1H3;1H. The van der Waals surface area contributed by atoms with E-state index < -0.39 is 20.5 Å². The first-order chi connectivity index (χ1) is 10.8. The average molecular weight is 400 g/mol. The highest BCUT2D eigenvalue weighted by Crippen LogP contribution is 2.27. The van der Waals surface area contributed by atoms with Crippen molar-refractivity contribution >= 4 is 39.7 Å². The van der Waals surface area contributed by atoms with Gasteiger partial charge in [0.2, 0.25) is 10.0 Å². The fourth-order valence-corrected chi connectivity index (χ4v) is 4.27. The molecule has 8 nitrogen and oxygen atoms in total. The van der Waals surface area contributed by atoms with E-state index in [0.29, 0.717) is 6.61 Å². The van der Waals surface area contributed by atoms with Crippen LogP contribution in [0.5, 0.6) is 0 Å². The molecule has 11 heteroatoms. The molecule has 1 saturated heterocycles. The summed E-state index contributed by atoms with van der Waals surface area (Å²) in [5, 5.41) is 13.8. The van der Waals surface area contributed by atoms with Gasteiger partial charge in [-0.25, -0.2) is 13.1 Å². The third-order valence-electron chi connectivity index (χ3n) is 3.77. The molecular weight excluding hydrogens is 381 g/mol. The minimum absolute atomic E-state index is 0. The van der Waals surface area contributed by atoms with Gasteiger partial charge in [-0.05, 0) is 25.5 Å². The minimum Gasteiger partial charge on any atom is -0.383 e. The number of benzene rings is 1. The van der Waals surface area contributed by atoms with E-state index in [1.165, 1.54) is 0 Å². The van der Waals surface area contributed by atoms with Crippen LogP contribution in [0.3, 0.4) is 0 Å². The molecule has 0 saturated carbocycles. The van der Waals surface area contributed by atoms with E-state index in [2.05, 4.69) is 10.0 Å². The normalized spacial score (nSPS) is 20.6. The molecule has 1 aliphatic rings. The van der Waals surface area contributed by atoms with Gasteiger partial charge in [-0.3, -0.25) is 10.1 Å². The number of methoxy groups -OCH3 is 1. The molecule has 2 rings (SSSR count).